The highest BCUT2D eigenvalue weighted by molar-refractivity contribution is 8.76. The van der Waals surface area contributed by atoms with Crippen molar-refractivity contribution >= 4 is 43.5 Å². The van der Waals surface area contributed by atoms with Gasteiger partial charge in [-0.05, 0) is 19.1 Å². The molecule has 24 heavy (non-hydrogen) atoms. The summed E-state index contributed by atoms with van der Waals surface area (Å²) in [4.78, 5) is 21.8. The second kappa shape index (κ2) is 9.28. The van der Waals surface area contributed by atoms with Gasteiger partial charge in [0.15, 0.2) is 0 Å². The third-order valence-electron chi connectivity index (χ3n) is 2.81. The molecule has 0 aromatic heterocycles. The summed E-state index contributed by atoms with van der Waals surface area (Å²) in [7, 11) is -1.85. The first kappa shape index (κ1) is 20.8. The molecule has 0 amide bonds. The van der Waals surface area contributed by atoms with Gasteiger partial charge < -0.3 is 15.9 Å². The van der Waals surface area contributed by atoms with Crippen molar-refractivity contribution in [2.75, 3.05) is 11.5 Å². The average Bonchev–Trinajstić information content (AvgIpc) is 2.50. The molecule has 0 aliphatic carbocycles. The van der Waals surface area contributed by atoms with E-state index in [9.17, 15) is 18.0 Å². The number of nitrogens with two attached hydrogens (primary N) is 1. The Morgan fingerprint density at radius 1 is 1.12 bits per heavy atom. The lowest BCUT2D eigenvalue weighted by Crippen LogP contribution is -2.42. The van der Waals surface area contributed by atoms with Gasteiger partial charge in [0.05, 0.1) is 4.90 Å². The van der Waals surface area contributed by atoms with Crippen LogP contribution in [0.15, 0.2) is 29.2 Å². The van der Waals surface area contributed by atoms with Crippen molar-refractivity contribution < 1.29 is 28.2 Å². The van der Waals surface area contributed by atoms with Crippen LogP contribution >= 0.6 is 21.6 Å². The van der Waals surface area contributed by atoms with Crippen molar-refractivity contribution in [1.29, 1.82) is 0 Å². The minimum atomic E-state index is -3.96. The van der Waals surface area contributed by atoms with Gasteiger partial charge in [-0.1, -0.05) is 39.3 Å². The normalized spacial score (nSPS) is 14.1. The second-order valence-electron chi connectivity index (χ2n) is 4.84. The maximum atomic E-state index is 12.2. The number of hydrogen-bond donors (Lipinski definition) is 4. The molecule has 0 aliphatic heterocycles. The number of sulfonamides is 1. The average molecular weight is 394 g/mol. The molecule has 1 rings (SSSR count). The summed E-state index contributed by atoms with van der Waals surface area (Å²) >= 11 is 0. The van der Waals surface area contributed by atoms with Crippen LogP contribution in [0.5, 0.6) is 0 Å². The molecule has 0 heterocycles. The van der Waals surface area contributed by atoms with E-state index in [2.05, 4.69) is 4.72 Å². The van der Waals surface area contributed by atoms with Crippen LogP contribution in [-0.4, -0.2) is 54.2 Å². The molecule has 0 unspecified atom stereocenters. The first-order chi connectivity index (χ1) is 11.1. The van der Waals surface area contributed by atoms with E-state index in [4.69, 9.17) is 15.9 Å². The minimum absolute atomic E-state index is 0.0232. The third kappa shape index (κ3) is 6.69. The summed E-state index contributed by atoms with van der Waals surface area (Å²) in [5.74, 6) is -2.46. The Balaban J connectivity index is 2.64. The quantitative estimate of drug-likeness (QED) is 0.329. The Bertz CT molecular complexity index is 677. The summed E-state index contributed by atoms with van der Waals surface area (Å²) in [5.41, 5.74) is 6.20. The van der Waals surface area contributed by atoms with Crippen LogP contribution in [0.4, 0.5) is 0 Å². The van der Waals surface area contributed by atoms with Gasteiger partial charge in [0.1, 0.15) is 12.1 Å². The number of aryl methyl sites for hydroxylation is 1. The van der Waals surface area contributed by atoms with Crippen LogP contribution in [0, 0.1) is 6.92 Å². The van der Waals surface area contributed by atoms with E-state index in [0.29, 0.717) is 0 Å². The maximum Gasteiger partial charge on any atom is 0.322 e. The van der Waals surface area contributed by atoms with E-state index in [1.807, 2.05) is 0 Å². The SMILES string of the molecule is Cc1ccc(S(=O)(=O)N[C@@H](CSSC[C@H](N)C(=O)O)C(=O)O)cc1. The fraction of sp³-hybridized carbons (Fsp3) is 0.385. The van der Waals surface area contributed by atoms with E-state index in [0.717, 1.165) is 27.2 Å². The maximum absolute atomic E-state index is 12.2. The molecule has 0 saturated carbocycles. The minimum Gasteiger partial charge on any atom is -0.480 e. The van der Waals surface area contributed by atoms with E-state index in [1.165, 1.54) is 12.1 Å². The molecule has 1 aromatic rings. The van der Waals surface area contributed by atoms with Crippen LogP contribution in [-0.2, 0) is 19.6 Å². The van der Waals surface area contributed by atoms with Crippen LogP contribution in [0.25, 0.3) is 0 Å². The molecular weight excluding hydrogens is 376 g/mol. The van der Waals surface area contributed by atoms with Gasteiger partial charge in [-0.3, -0.25) is 9.59 Å². The molecule has 11 heteroatoms. The first-order valence-electron chi connectivity index (χ1n) is 6.68. The summed E-state index contributed by atoms with van der Waals surface area (Å²) in [6.45, 7) is 1.81. The molecule has 0 aliphatic rings. The van der Waals surface area contributed by atoms with E-state index >= 15 is 0 Å². The molecule has 0 radical (unpaired) electrons. The van der Waals surface area contributed by atoms with Crippen LogP contribution in [0.2, 0.25) is 0 Å². The zero-order valence-corrected chi connectivity index (χ0v) is 15.2. The summed E-state index contributed by atoms with van der Waals surface area (Å²) < 4.78 is 26.5. The van der Waals surface area contributed by atoms with Crippen molar-refractivity contribution in [3.05, 3.63) is 29.8 Å². The number of carbonyl (C=O) groups is 2. The summed E-state index contributed by atoms with van der Waals surface area (Å²) in [5, 5.41) is 17.8. The Kier molecular flexibility index (Phi) is 8.03. The van der Waals surface area contributed by atoms with Crippen LogP contribution in [0.1, 0.15) is 5.56 Å². The molecule has 2 atom stereocenters. The van der Waals surface area contributed by atoms with Crippen molar-refractivity contribution in [2.45, 2.75) is 23.9 Å². The van der Waals surface area contributed by atoms with Crippen molar-refractivity contribution in [1.82, 2.24) is 4.72 Å². The molecule has 134 valence electrons. The molecule has 0 saturated heterocycles. The summed E-state index contributed by atoms with van der Waals surface area (Å²) in [6, 6.07) is 3.61. The van der Waals surface area contributed by atoms with Crippen molar-refractivity contribution in [3.8, 4) is 0 Å². The molecule has 0 fully saturated rings. The number of carboxylic acid groups (broad SMARTS) is 2. The van der Waals surface area contributed by atoms with Crippen LogP contribution < -0.4 is 10.5 Å². The van der Waals surface area contributed by atoms with Crippen molar-refractivity contribution in [2.24, 2.45) is 5.73 Å². The number of aliphatic carboxylic acids is 2. The van der Waals surface area contributed by atoms with Gasteiger partial charge in [0, 0.05) is 11.5 Å². The molecule has 8 nitrogen and oxygen atoms in total. The number of benzene rings is 1. The zero-order chi connectivity index (χ0) is 18.3. The van der Waals surface area contributed by atoms with Crippen LogP contribution in [0.3, 0.4) is 0 Å². The number of rotatable bonds is 10. The van der Waals surface area contributed by atoms with E-state index < -0.39 is 34.0 Å². The number of hydrogen-bond acceptors (Lipinski definition) is 7. The number of carboxylic acids is 2. The highest BCUT2D eigenvalue weighted by Crippen LogP contribution is 2.23. The largest absolute Gasteiger partial charge is 0.480 e. The lowest BCUT2D eigenvalue weighted by Gasteiger charge is -2.14. The molecule has 0 bridgehead atoms. The predicted molar refractivity (Wildman–Crippen MR) is 93.5 cm³/mol. The zero-order valence-electron chi connectivity index (χ0n) is 12.7. The molecular formula is C13H18N2O6S3. The van der Waals surface area contributed by atoms with E-state index in [-0.39, 0.29) is 16.4 Å². The van der Waals surface area contributed by atoms with Gasteiger partial charge in [0.25, 0.3) is 0 Å². The van der Waals surface area contributed by atoms with Gasteiger partial charge in [0.2, 0.25) is 10.0 Å². The third-order valence-corrected chi connectivity index (χ3v) is 6.74. The number of nitrogens with one attached hydrogen (secondary N) is 1. The summed E-state index contributed by atoms with van der Waals surface area (Å²) in [6.07, 6.45) is 0. The fourth-order valence-electron chi connectivity index (χ4n) is 1.44. The smallest absolute Gasteiger partial charge is 0.322 e. The topological polar surface area (TPSA) is 147 Å². The monoisotopic (exact) mass is 394 g/mol. The Morgan fingerprint density at radius 2 is 1.67 bits per heavy atom. The molecule has 1 aromatic carbocycles. The van der Waals surface area contributed by atoms with Gasteiger partial charge in [-0.2, -0.15) is 4.72 Å². The second-order valence-corrected chi connectivity index (χ2v) is 9.11. The Morgan fingerprint density at radius 3 is 2.17 bits per heavy atom. The van der Waals surface area contributed by atoms with Gasteiger partial charge in [-0.25, -0.2) is 8.42 Å². The Labute approximate surface area is 147 Å². The van der Waals surface area contributed by atoms with Gasteiger partial charge in [-0.15, -0.1) is 0 Å². The first-order valence-corrected chi connectivity index (χ1v) is 10.6. The molecule has 5 N–H and O–H groups in total. The Hall–Kier alpha value is -1.27. The predicted octanol–water partition coefficient (Wildman–Crippen LogP) is 0.520. The standard InChI is InChI=1S/C13H18N2O6S3/c1-8-2-4-9(5-3-8)24(20,21)15-11(13(18)19)7-23-22-6-10(14)12(16)17/h2-5,10-11,15H,6-7,14H2,1H3,(H,16,17)(H,18,19)/t10-,11-/m0/s1. The lowest BCUT2D eigenvalue weighted by molar-refractivity contribution is -0.139. The molecule has 0 spiro atoms. The van der Waals surface area contributed by atoms with Crippen molar-refractivity contribution in [3.63, 3.8) is 0 Å². The lowest BCUT2D eigenvalue weighted by atomic mass is 10.2. The van der Waals surface area contributed by atoms with Gasteiger partial charge >= 0.3 is 11.9 Å². The highest BCUT2D eigenvalue weighted by Gasteiger charge is 2.25. The highest BCUT2D eigenvalue weighted by atomic mass is 33.1. The van der Waals surface area contributed by atoms with E-state index in [1.54, 1.807) is 19.1 Å². The fourth-order valence-corrected chi connectivity index (χ4v) is 5.00.